The van der Waals surface area contributed by atoms with Crippen LogP contribution in [-0.2, 0) is 6.54 Å². The molecule has 0 spiro atoms. The fourth-order valence-corrected chi connectivity index (χ4v) is 3.05. The van der Waals surface area contributed by atoms with Crippen molar-refractivity contribution < 1.29 is 0 Å². The van der Waals surface area contributed by atoms with Gasteiger partial charge in [0.15, 0.2) is 5.82 Å². The Hall–Kier alpha value is -1.72. The molecule has 2 aliphatic rings. The lowest BCUT2D eigenvalue weighted by Gasteiger charge is -2.15. The molecule has 21 heavy (non-hydrogen) atoms. The van der Waals surface area contributed by atoms with Crippen LogP contribution in [-0.4, -0.2) is 44.8 Å². The van der Waals surface area contributed by atoms with Crippen LogP contribution in [0, 0.1) is 0 Å². The zero-order valence-corrected chi connectivity index (χ0v) is 12.2. The Labute approximate surface area is 125 Å². The van der Waals surface area contributed by atoms with Gasteiger partial charge < -0.3 is 5.32 Å². The molecule has 110 valence electrons. The van der Waals surface area contributed by atoms with Gasteiger partial charge in [0.05, 0.1) is 0 Å². The maximum absolute atomic E-state index is 4.47. The second kappa shape index (κ2) is 5.58. The summed E-state index contributed by atoms with van der Waals surface area (Å²) in [6.07, 6.45) is 9.71. The minimum absolute atomic E-state index is 0.636. The fraction of sp³-hybridized carbons (Fsp3) is 0.500. The van der Waals surface area contributed by atoms with Gasteiger partial charge in [-0.2, -0.15) is 5.10 Å². The maximum Gasteiger partial charge on any atom is 0.153 e. The smallest absolute Gasteiger partial charge is 0.153 e. The van der Waals surface area contributed by atoms with Crippen LogP contribution >= 0.6 is 0 Å². The van der Waals surface area contributed by atoms with Crippen molar-refractivity contribution in [3.63, 3.8) is 0 Å². The lowest BCUT2D eigenvalue weighted by molar-refractivity contribution is 0.317. The van der Waals surface area contributed by atoms with E-state index in [-0.39, 0.29) is 0 Å². The highest BCUT2D eigenvalue weighted by Gasteiger charge is 2.33. The largest absolute Gasteiger partial charge is 0.309 e. The van der Waals surface area contributed by atoms with Crippen molar-refractivity contribution in [2.75, 3.05) is 13.1 Å². The highest BCUT2D eigenvalue weighted by atomic mass is 15.3. The summed E-state index contributed by atoms with van der Waals surface area (Å²) in [6.45, 7) is 3.37. The molecule has 1 saturated carbocycles. The molecule has 5 nitrogen and oxygen atoms in total. The molecule has 3 heterocycles. The van der Waals surface area contributed by atoms with Crippen molar-refractivity contribution in [1.82, 2.24) is 25.0 Å². The molecule has 2 aromatic rings. The van der Waals surface area contributed by atoms with Crippen LogP contribution in [0.25, 0.3) is 5.82 Å². The van der Waals surface area contributed by atoms with Crippen LogP contribution in [0.1, 0.15) is 24.8 Å². The van der Waals surface area contributed by atoms with Gasteiger partial charge in [0.25, 0.3) is 0 Å². The summed E-state index contributed by atoms with van der Waals surface area (Å²) < 4.78 is 1.78. The van der Waals surface area contributed by atoms with E-state index >= 15 is 0 Å². The number of hydrogen-bond donors (Lipinski definition) is 1. The van der Waals surface area contributed by atoms with Gasteiger partial charge in [0.2, 0.25) is 0 Å². The molecule has 1 saturated heterocycles. The molecule has 0 amide bonds. The molecular weight excluding hydrogens is 262 g/mol. The van der Waals surface area contributed by atoms with Crippen molar-refractivity contribution >= 4 is 0 Å². The van der Waals surface area contributed by atoms with Crippen LogP contribution in [0.2, 0.25) is 0 Å². The normalized spacial score (nSPS) is 22.8. The zero-order chi connectivity index (χ0) is 14.1. The van der Waals surface area contributed by atoms with Gasteiger partial charge in [-0.05, 0) is 37.0 Å². The zero-order valence-electron chi connectivity index (χ0n) is 12.2. The standard InChI is InChI=1S/C16H21N5/c1-7-19-21(8-1)16-5-2-13(11-18-16)10-17-14-6-9-20(12-14)15-3-4-15/h1-2,5,7-8,11,14-15,17H,3-4,6,9-10,12H2. The molecular formula is C16H21N5. The quantitative estimate of drug-likeness (QED) is 0.905. The second-order valence-corrected chi connectivity index (χ2v) is 6.07. The minimum Gasteiger partial charge on any atom is -0.309 e. The average Bonchev–Trinajstić information content (AvgIpc) is 3.04. The topological polar surface area (TPSA) is 46.0 Å². The van der Waals surface area contributed by atoms with Gasteiger partial charge in [-0.1, -0.05) is 6.07 Å². The Bertz CT molecular complexity index is 573. The third-order valence-electron chi connectivity index (χ3n) is 4.43. The van der Waals surface area contributed by atoms with Crippen LogP contribution in [0.3, 0.4) is 0 Å². The highest BCUT2D eigenvalue weighted by molar-refractivity contribution is 5.24. The van der Waals surface area contributed by atoms with Crippen molar-refractivity contribution in [3.05, 3.63) is 42.4 Å². The Morgan fingerprint density at radius 3 is 2.90 bits per heavy atom. The van der Waals surface area contributed by atoms with Gasteiger partial charge in [0.1, 0.15) is 0 Å². The Kier molecular flexibility index (Phi) is 3.45. The first kappa shape index (κ1) is 13.0. The van der Waals surface area contributed by atoms with E-state index in [0.717, 1.165) is 18.4 Å². The molecule has 2 fully saturated rings. The van der Waals surface area contributed by atoms with Gasteiger partial charge in [-0.15, -0.1) is 0 Å². The molecule has 4 rings (SSSR count). The molecule has 1 unspecified atom stereocenters. The Balaban J connectivity index is 1.31. The molecule has 0 bridgehead atoms. The van der Waals surface area contributed by atoms with Crippen molar-refractivity contribution in [3.8, 4) is 5.82 Å². The highest BCUT2D eigenvalue weighted by Crippen LogP contribution is 2.29. The summed E-state index contributed by atoms with van der Waals surface area (Å²) in [5, 5.41) is 7.85. The lowest BCUT2D eigenvalue weighted by Crippen LogP contribution is -2.32. The van der Waals surface area contributed by atoms with E-state index in [2.05, 4.69) is 26.4 Å². The van der Waals surface area contributed by atoms with E-state index in [9.17, 15) is 0 Å². The van der Waals surface area contributed by atoms with E-state index in [1.165, 1.54) is 37.9 Å². The maximum atomic E-state index is 4.47. The van der Waals surface area contributed by atoms with E-state index in [1.807, 2.05) is 24.5 Å². The third kappa shape index (κ3) is 2.99. The predicted molar refractivity (Wildman–Crippen MR) is 81.2 cm³/mol. The number of rotatable bonds is 5. The first-order chi connectivity index (χ1) is 10.4. The van der Waals surface area contributed by atoms with E-state index in [4.69, 9.17) is 0 Å². The second-order valence-electron chi connectivity index (χ2n) is 6.07. The molecule has 0 radical (unpaired) electrons. The molecule has 5 heteroatoms. The summed E-state index contributed by atoms with van der Waals surface area (Å²) in [5.41, 5.74) is 1.23. The van der Waals surface area contributed by atoms with Crippen molar-refractivity contribution in [2.45, 2.75) is 37.9 Å². The van der Waals surface area contributed by atoms with Gasteiger partial charge in [-0.3, -0.25) is 4.90 Å². The number of pyridine rings is 1. The minimum atomic E-state index is 0.636. The molecule has 1 aliphatic carbocycles. The first-order valence-electron chi connectivity index (χ1n) is 7.81. The number of nitrogens with zero attached hydrogens (tertiary/aromatic N) is 4. The van der Waals surface area contributed by atoms with E-state index < -0.39 is 0 Å². The van der Waals surface area contributed by atoms with Gasteiger partial charge in [0, 0.05) is 50.3 Å². The summed E-state index contributed by atoms with van der Waals surface area (Å²) >= 11 is 0. The number of hydrogen-bond acceptors (Lipinski definition) is 4. The summed E-state index contributed by atoms with van der Waals surface area (Å²) in [4.78, 5) is 7.11. The fourth-order valence-electron chi connectivity index (χ4n) is 3.05. The monoisotopic (exact) mass is 283 g/mol. The summed E-state index contributed by atoms with van der Waals surface area (Å²) in [6, 6.07) is 7.59. The Morgan fingerprint density at radius 1 is 1.24 bits per heavy atom. The number of likely N-dealkylation sites (tertiary alicyclic amines) is 1. The number of nitrogens with one attached hydrogen (secondary N) is 1. The summed E-state index contributed by atoms with van der Waals surface area (Å²) in [7, 11) is 0. The van der Waals surface area contributed by atoms with E-state index in [0.29, 0.717) is 6.04 Å². The molecule has 2 aromatic heterocycles. The van der Waals surface area contributed by atoms with E-state index in [1.54, 1.807) is 10.9 Å². The Morgan fingerprint density at radius 2 is 2.19 bits per heavy atom. The third-order valence-corrected chi connectivity index (χ3v) is 4.43. The van der Waals surface area contributed by atoms with Crippen molar-refractivity contribution in [1.29, 1.82) is 0 Å². The molecule has 1 N–H and O–H groups in total. The SMILES string of the molecule is c1cnn(-c2ccc(CNC3CCN(C4CC4)C3)cn2)c1. The van der Waals surface area contributed by atoms with Gasteiger partial charge >= 0.3 is 0 Å². The van der Waals surface area contributed by atoms with Gasteiger partial charge in [-0.25, -0.2) is 9.67 Å². The van der Waals surface area contributed by atoms with Crippen LogP contribution in [0.4, 0.5) is 0 Å². The van der Waals surface area contributed by atoms with Crippen molar-refractivity contribution in [2.24, 2.45) is 0 Å². The molecule has 1 aliphatic heterocycles. The lowest BCUT2D eigenvalue weighted by atomic mass is 10.2. The van der Waals surface area contributed by atoms with Crippen LogP contribution in [0.15, 0.2) is 36.8 Å². The molecule has 0 aromatic carbocycles. The average molecular weight is 283 g/mol. The van der Waals surface area contributed by atoms with Crippen LogP contribution in [0.5, 0.6) is 0 Å². The first-order valence-corrected chi connectivity index (χ1v) is 7.81. The molecule has 1 atom stereocenters. The summed E-state index contributed by atoms with van der Waals surface area (Å²) in [5.74, 6) is 0.865. The predicted octanol–water partition coefficient (Wildman–Crippen LogP) is 1.59. The van der Waals surface area contributed by atoms with Crippen LogP contribution < -0.4 is 5.32 Å². The number of aromatic nitrogens is 3.